The third-order valence-electron chi connectivity index (χ3n) is 4.21. The first-order valence-corrected chi connectivity index (χ1v) is 10.3. The maximum atomic E-state index is 12.0. The summed E-state index contributed by atoms with van der Waals surface area (Å²) in [4.78, 5) is 12.0. The summed E-state index contributed by atoms with van der Waals surface area (Å²) in [5, 5.41) is 5.17. The molecule has 140 valence electrons. The summed E-state index contributed by atoms with van der Waals surface area (Å²) in [5.41, 5.74) is 3.80. The second-order valence-electron chi connectivity index (χ2n) is 6.66. The summed E-state index contributed by atoms with van der Waals surface area (Å²) in [6.07, 6.45) is 0. The van der Waals surface area contributed by atoms with Crippen LogP contribution in [0.5, 0.6) is 5.75 Å². The number of fused-ring (bicyclic) bond motifs is 1. The zero-order valence-corrected chi connectivity index (χ0v) is 16.6. The van der Waals surface area contributed by atoms with Crippen LogP contribution < -0.4 is 10.1 Å². The largest absolute Gasteiger partial charge is 0.491 e. The lowest BCUT2D eigenvalue weighted by molar-refractivity contribution is -0.118. The number of thioether (sulfide) groups is 1. The van der Waals surface area contributed by atoms with Crippen LogP contribution in [0.3, 0.4) is 0 Å². The van der Waals surface area contributed by atoms with Gasteiger partial charge in [0.1, 0.15) is 12.4 Å². The number of aryl methyl sites for hydroxylation is 2. The summed E-state index contributed by atoms with van der Waals surface area (Å²) < 4.78 is 5.85. The predicted molar refractivity (Wildman–Crippen MR) is 115 cm³/mol. The fourth-order valence-corrected chi connectivity index (χ4v) is 3.93. The molecule has 3 aromatic carbocycles. The monoisotopic (exact) mass is 379 g/mol. The number of ether oxygens (including phenoxy) is 1. The van der Waals surface area contributed by atoms with Gasteiger partial charge < -0.3 is 10.1 Å². The van der Waals surface area contributed by atoms with E-state index in [9.17, 15) is 4.79 Å². The smallest absolute Gasteiger partial charge is 0.230 e. The molecule has 0 fully saturated rings. The molecule has 3 rings (SSSR count). The van der Waals surface area contributed by atoms with E-state index in [-0.39, 0.29) is 5.91 Å². The lowest BCUT2D eigenvalue weighted by Gasteiger charge is -2.10. The fourth-order valence-electron chi connectivity index (χ4n) is 3.14. The molecule has 27 heavy (non-hydrogen) atoms. The molecule has 1 N–H and O–H groups in total. The Morgan fingerprint density at radius 3 is 2.56 bits per heavy atom. The molecule has 3 aromatic rings. The first kappa shape index (κ1) is 19.3. The van der Waals surface area contributed by atoms with E-state index in [1.54, 1.807) is 11.8 Å². The van der Waals surface area contributed by atoms with Crippen molar-refractivity contribution in [3.05, 3.63) is 77.4 Å². The van der Waals surface area contributed by atoms with Crippen LogP contribution >= 0.6 is 11.8 Å². The van der Waals surface area contributed by atoms with Crippen molar-refractivity contribution in [3.63, 3.8) is 0 Å². The average molecular weight is 380 g/mol. The molecule has 0 aromatic heterocycles. The minimum absolute atomic E-state index is 0.0471. The molecule has 1 amide bonds. The zero-order chi connectivity index (χ0) is 19.1. The first-order chi connectivity index (χ1) is 13.1. The Morgan fingerprint density at radius 1 is 1.00 bits per heavy atom. The van der Waals surface area contributed by atoms with Gasteiger partial charge in [0.25, 0.3) is 0 Å². The number of rotatable bonds is 8. The minimum atomic E-state index is 0.0471. The quantitative estimate of drug-likeness (QED) is 0.567. The fraction of sp³-hybridized carbons (Fsp3) is 0.261. The van der Waals surface area contributed by atoms with E-state index in [0.717, 1.165) is 22.3 Å². The van der Waals surface area contributed by atoms with Crippen molar-refractivity contribution < 1.29 is 9.53 Å². The molecular weight excluding hydrogens is 354 g/mol. The molecule has 0 saturated carbocycles. The molecule has 0 heterocycles. The number of hydrogen-bond donors (Lipinski definition) is 1. The Balaban J connectivity index is 1.38. The molecular formula is C23H25NO2S. The topological polar surface area (TPSA) is 38.3 Å². The Hall–Kier alpha value is -2.46. The summed E-state index contributed by atoms with van der Waals surface area (Å²) in [6.45, 7) is 5.17. The van der Waals surface area contributed by atoms with Gasteiger partial charge in [0, 0.05) is 11.1 Å². The van der Waals surface area contributed by atoms with E-state index in [2.05, 4.69) is 49.5 Å². The highest BCUT2D eigenvalue weighted by atomic mass is 32.2. The number of carbonyl (C=O) groups is 1. The SMILES string of the molecule is Cc1cc(C)cc(CSCC(=O)NCCOc2cccc3ccccc23)c1. The van der Waals surface area contributed by atoms with E-state index in [1.165, 1.54) is 16.7 Å². The van der Waals surface area contributed by atoms with Crippen LogP contribution in [0.15, 0.2) is 60.7 Å². The summed E-state index contributed by atoms with van der Waals surface area (Å²) in [6, 6.07) is 20.7. The second kappa shape index (κ2) is 9.47. The van der Waals surface area contributed by atoms with Gasteiger partial charge >= 0.3 is 0 Å². The van der Waals surface area contributed by atoms with Crippen LogP contribution in [0, 0.1) is 13.8 Å². The van der Waals surface area contributed by atoms with E-state index < -0.39 is 0 Å². The number of nitrogens with one attached hydrogen (secondary N) is 1. The van der Waals surface area contributed by atoms with Crippen molar-refractivity contribution in [2.45, 2.75) is 19.6 Å². The number of hydrogen-bond acceptors (Lipinski definition) is 3. The predicted octanol–water partition coefficient (Wildman–Crippen LogP) is 4.89. The van der Waals surface area contributed by atoms with Crippen molar-refractivity contribution in [3.8, 4) is 5.75 Å². The van der Waals surface area contributed by atoms with Crippen LogP contribution in [0.1, 0.15) is 16.7 Å². The van der Waals surface area contributed by atoms with Crippen LogP contribution in [0.25, 0.3) is 10.8 Å². The lowest BCUT2D eigenvalue weighted by atomic mass is 10.1. The van der Waals surface area contributed by atoms with Gasteiger partial charge in [-0.05, 0) is 30.9 Å². The van der Waals surface area contributed by atoms with Gasteiger partial charge in [-0.1, -0.05) is 65.7 Å². The van der Waals surface area contributed by atoms with E-state index in [1.807, 2.05) is 30.3 Å². The highest BCUT2D eigenvalue weighted by Gasteiger charge is 2.04. The molecule has 0 aliphatic heterocycles. The number of benzene rings is 3. The highest BCUT2D eigenvalue weighted by Crippen LogP contribution is 2.24. The molecule has 4 heteroatoms. The summed E-state index contributed by atoms with van der Waals surface area (Å²) >= 11 is 1.64. The maximum Gasteiger partial charge on any atom is 0.230 e. The Labute approximate surface area is 165 Å². The van der Waals surface area contributed by atoms with E-state index >= 15 is 0 Å². The molecule has 0 saturated heterocycles. The standard InChI is InChI=1S/C23H25NO2S/c1-17-12-18(2)14-19(13-17)15-27-16-23(25)24-10-11-26-22-9-5-7-20-6-3-4-8-21(20)22/h3-9,12-14H,10-11,15-16H2,1-2H3,(H,24,25). The van der Waals surface area contributed by atoms with Crippen molar-refractivity contribution in [2.75, 3.05) is 18.9 Å². The van der Waals surface area contributed by atoms with Crippen LogP contribution in [0.4, 0.5) is 0 Å². The Bertz CT molecular complexity index is 898. The molecule has 0 bridgehead atoms. The third-order valence-corrected chi connectivity index (χ3v) is 5.22. The molecule has 0 spiro atoms. The average Bonchev–Trinajstić information content (AvgIpc) is 2.64. The highest BCUT2D eigenvalue weighted by molar-refractivity contribution is 7.99. The second-order valence-corrected chi connectivity index (χ2v) is 7.65. The van der Waals surface area contributed by atoms with Gasteiger partial charge in [0.05, 0.1) is 12.3 Å². The zero-order valence-electron chi connectivity index (χ0n) is 15.8. The summed E-state index contributed by atoms with van der Waals surface area (Å²) in [5.74, 6) is 2.21. The van der Waals surface area contributed by atoms with Gasteiger partial charge in [0.2, 0.25) is 5.91 Å². The van der Waals surface area contributed by atoms with Crippen molar-refractivity contribution in [2.24, 2.45) is 0 Å². The number of amides is 1. The molecule has 0 radical (unpaired) electrons. The van der Waals surface area contributed by atoms with Crippen LogP contribution in [-0.2, 0) is 10.5 Å². The van der Waals surface area contributed by atoms with Crippen molar-refractivity contribution >= 4 is 28.4 Å². The van der Waals surface area contributed by atoms with E-state index in [4.69, 9.17) is 4.74 Å². The van der Waals surface area contributed by atoms with Gasteiger partial charge in [-0.3, -0.25) is 4.79 Å². The minimum Gasteiger partial charge on any atom is -0.491 e. The first-order valence-electron chi connectivity index (χ1n) is 9.14. The van der Waals surface area contributed by atoms with Crippen molar-refractivity contribution in [1.29, 1.82) is 0 Å². The van der Waals surface area contributed by atoms with Gasteiger partial charge in [0.15, 0.2) is 0 Å². The lowest BCUT2D eigenvalue weighted by Crippen LogP contribution is -2.29. The maximum absolute atomic E-state index is 12.0. The summed E-state index contributed by atoms with van der Waals surface area (Å²) in [7, 11) is 0. The number of carbonyl (C=O) groups excluding carboxylic acids is 1. The Kier molecular flexibility index (Phi) is 6.77. The van der Waals surface area contributed by atoms with Gasteiger partial charge in [-0.15, -0.1) is 11.8 Å². The molecule has 0 aliphatic carbocycles. The Morgan fingerprint density at radius 2 is 1.74 bits per heavy atom. The van der Waals surface area contributed by atoms with Crippen LogP contribution in [0.2, 0.25) is 0 Å². The molecule has 0 atom stereocenters. The normalized spacial score (nSPS) is 10.7. The molecule has 0 aliphatic rings. The van der Waals surface area contributed by atoms with Gasteiger partial charge in [-0.25, -0.2) is 0 Å². The van der Waals surface area contributed by atoms with E-state index in [0.29, 0.717) is 18.9 Å². The molecule has 3 nitrogen and oxygen atoms in total. The van der Waals surface area contributed by atoms with Crippen LogP contribution in [-0.4, -0.2) is 24.8 Å². The molecule has 0 unspecified atom stereocenters. The van der Waals surface area contributed by atoms with Gasteiger partial charge in [-0.2, -0.15) is 0 Å². The third kappa shape index (κ3) is 5.76. The van der Waals surface area contributed by atoms with Crippen molar-refractivity contribution in [1.82, 2.24) is 5.32 Å².